The van der Waals surface area contributed by atoms with Gasteiger partial charge in [0.25, 0.3) is 0 Å². The number of ether oxygens (including phenoxy) is 3. The second-order valence-corrected chi connectivity index (χ2v) is 5.90. The highest BCUT2D eigenvalue weighted by Crippen LogP contribution is 2.30. The monoisotopic (exact) mass is 288 g/mol. The summed E-state index contributed by atoms with van der Waals surface area (Å²) in [5, 5.41) is 0. The Hall–Kier alpha value is -1.01. The summed E-state index contributed by atoms with van der Waals surface area (Å²) >= 11 is 1.58. The minimum absolute atomic E-state index is 0.00525. The van der Waals surface area contributed by atoms with Crippen LogP contribution in [0.4, 0.5) is 0 Å². The van der Waals surface area contributed by atoms with E-state index < -0.39 is 16.9 Å². The molecule has 0 aromatic carbocycles. The van der Waals surface area contributed by atoms with Crippen molar-refractivity contribution >= 4 is 23.7 Å². The van der Waals surface area contributed by atoms with Gasteiger partial charge in [-0.2, -0.15) is 0 Å². The van der Waals surface area contributed by atoms with Gasteiger partial charge in [0.15, 0.2) is 4.93 Å². The van der Waals surface area contributed by atoms with Gasteiger partial charge in [0.05, 0.1) is 13.0 Å². The van der Waals surface area contributed by atoms with Crippen molar-refractivity contribution in [2.45, 2.75) is 31.1 Å². The Bertz CT molecular complexity index is 321. The average Bonchev–Trinajstić information content (AvgIpc) is 2.34. The van der Waals surface area contributed by atoms with Gasteiger partial charge in [-0.15, -0.1) is 11.8 Å². The molecular formula is C13H20O5S. The summed E-state index contributed by atoms with van der Waals surface area (Å²) in [6.45, 7) is 6.20. The van der Waals surface area contributed by atoms with Crippen LogP contribution in [0.25, 0.3) is 0 Å². The summed E-state index contributed by atoms with van der Waals surface area (Å²) in [5.74, 6) is 0.0113. The maximum absolute atomic E-state index is 11.7. The van der Waals surface area contributed by atoms with Gasteiger partial charge in [-0.3, -0.25) is 4.79 Å². The molecule has 1 atom stereocenters. The fraction of sp³-hybridized carbons (Fsp3) is 0.692. The topological polar surface area (TPSA) is 61.8 Å². The van der Waals surface area contributed by atoms with E-state index >= 15 is 0 Å². The second kappa shape index (κ2) is 8.22. The first-order chi connectivity index (χ1) is 9.06. The molecule has 19 heavy (non-hydrogen) atoms. The molecule has 0 bridgehead atoms. The van der Waals surface area contributed by atoms with Gasteiger partial charge >= 0.3 is 11.9 Å². The molecule has 1 aliphatic rings. The number of esters is 2. The number of carbonyl (C=O) groups excluding carboxylic acids is 2. The molecule has 1 heterocycles. The predicted molar refractivity (Wildman–Crippen MR) is 72.8 cm³/mol. The van der Waals surface area contributed by atoms with Gasteiger partial charge in [-0.1, -0.05) is 6.58 Å². The third-order valence-electron chi connectivity index (χ3n) is 2.50. The van der Waals surface area contributed by atoms with Crippen molar-refractivity contribution in [3.05, 3.63) is 12.7 Å². The van der Waals surface area contributed by atoms with Crippen LogP contribution in [0.3, 0.4) is 0 Å². The maximum atomic E-state index is 11.7. The number of thioether (sulfide) groups is 1. The second-order valence-electron chi connectivity index (χ2n) is 4.34. The molecule has 1 rings (SSSR count). The van der Waals surface area contributed by atoms with Crippen LogP contribution < -0.4 is 0 Å². The zero-order valence-corrected chi connectivity index (χ0v) is 12.0. The summed E-state index contributed by atoms with van der Waals surface area (Å²) in [6.07, 6.45) is 3.18. The van der Waals surface area contributed by atoms with Crippen LogP contribution in [0.15, 0.2) is 12.7 Å². The molecule has 1 aliphatic heterocycles. The van der Waals surface area contributed by atoms with Crippen LogP contribution in [0, 0.1) is 0 Å². The van der Waals surface area contributed by atoms with Crippen LogP contribution in [-0.4, -0.2) is 42.4 Å². The zero-order valence-electron chi connectivity index (χ0n) is 11.2. The third kappa shape index (κ3) is 6.63. The minimum Gasteiger partial charge on any atom is -0.462 e. The SMILES string of the molecule is C=CC(=O)OCCC(=O)OC1(C)COCCCCS1. The van der Waals surface area contributed by atoms with Crippen molar-refractivity contribution < 1.29 is 23.8 Å². The van der Waals surface area contributed by atoms with Crippen molar-refractivity contribution in [3.8, 4) is 0 Å². The van der Waals surface area contributed by atoms with Crippen LogP contribution in [0.1, 0.15) is 26.2 Å². The van der Waals surface area contributed by atoms with Crippen molar-refractivity contribution in [1.82, 2.24) is 0 Å². The molecule has 6 heteroatoms. The van der Waals surface area contributed by atoms with E-state index in [0.717, 1.165) is 24.7 Å². The molecule has 0 aliphatic carbocycles. The molecule has 0 aromatic heterocycles. The standard InChI is InChI=1S/C13H20O5S/c1-3-11(14)17-8-6-12(15)18-13(2)10-16-7-4-5-9-19-13/h3H,1,4-10H2,2H3. The normalized spacial score (nSPS) is 23.8. The van der Waals surface area contributed by atoms with Gasteiger partial charge in [0, 0.05) is 12.7 Å². The first-order valence-corrected chi connectivity index (χ1v) is 7.27. The smallest absolute Gasteiger partial charge is 0.330 e. The largest absolute Gasteiger partial charge is 0.462 e. The van der Waals surface area contributed by atoms with E-state index in [-0.39, 0.29) is 13.0 Å². The van der Waals surface area contributed by atoms with E-state index in [1.54, 1.807) is 11.8 Å². The van der Waals surface area contributed by atoms with E-state index in [1.807, 2.05) is 6.92 Å². The molecule has 1 saturated heterocycles. The highest BCUT2D eigenvalue weighted by molar-refractivity contribution is 8.00. The lowest BCUT2D eigenvalue weighted by atomic mass is 10.3. The molecule has 0 N–H and O–H groups in total. The van der Waals surface area contributed by atoms with Crippen molar-refractivity contribution in [3.63, 3.8) is 0 Å². The van der Waals surface area contributed by atoms with E-state index in [2.05, 4.69) is 6.58 Å². The first-order valence-electron chi connectivity index (χ1n) is 6.28. The Morgan fingerprint density at radius 2 is 2.26 bits per heavy atom. The molecule has 0 aromatic rings. The fourth-order valence-electron chi connectivity index (χ4n) is 1.54. The lowest BCUT2D eigenvalue weighted by Gasteiger charge is -2.30. The molecule has 1 unspecified atom stereocenters. The van der Waals surface area contributed by atoms with Gasteiger partial charge in [-0.05, 0) is 25.5 Å². The molecule has 5 nitrogen and oxygen atoms in total. The van der Waals surface area contributed by atoms with Gasteiger partial charge in [-0.25, -0.2) is 4.79 Å². The molecular weight excluding hydrogens is 268 g/mol. The molecule has 0 radical (unpaired) electrons. The molecule has 108 valence electrons. The predicted octanol–water partition coefficient (Wildman–Crippen LogP) is 1.91. The van der Waals surface area contributed by atoms with Crippen LogP contribution in [0.5, 0.6) is 0 Å². The number of rotatable bonds is 5. The Balaban J connectivity index is 2.32. The number of hydrogen-bond donors (Lipinski definition) is 0. The molecule has 0 amide bonds. The van der Waals surface area contributed by atoms with Crippen LogP contribution >= 0.6 is 11.8 Å². The number of carbonyl (C=O) groups is 2. The van der Waals surface area contributed by atoms with Gasteiger partial charge < -0.3 is 14.2 Å². The number of hydrogen-bond acceptors (Lipinski definition) is 6. The quantitative estimate of drug-likeness (QED) is 0.569. The van der Waals surface area contributed by atoms with E-state index in [0.29, 0.717) is 13.2 Å². The Morgan fingerprint density at radius 3 is 3.00 bits per heavy atom. The van der Waals surface area contributed by atoms with E-state index in [4.69, 9.17) is 14.2 Å². The summed E-state index contributed by atoms with van der Waals surface area (Å²) in [5.41, 5.74) is 0. The lowest BCUT2D eigenvalue weighted by molar-refractivity contribution is -0.156. The summed E-state index contributed by atoms with van der Waals surface area (Å²) in [6, 6.07) is 0. The highest BCUT2D eigenvalue weighted by atomic mass is 32.2. The molecule has 0 spiro atoms. The molecule has 1 fully saturated rings. The highest BCUT2D eigenvalue weighted by Gasteiger charge is 2.30. The first kappa shape index (κ1) is 16.0. The van der Waals surface area contributed by atoms with Gasteiger partial charge in [0.2, 0.25) is 0 Å². The maximum Gasteiger partial charge on any atom is 0.330 e. The molecule has 0 saturated carbocycles. The zero-order chi connectivity index (χ0) is 14.1. The van der Waals surface area contributed by atoms with Crippen molar-refractivity contribution in [2.24, 2.45) is 0 Å². The Morgan fingerprint density at radius 1 is 1.47 bits per heavy atom. The van der Waals surface area contributed by atoms with E-state index in [1.165, 1.54) is 0 Å². The summed E-state index contributed by atoms with van der Waals surface area (Å²) in [4.78, 5) is 21.8. The lowest BCUT2D eigenvalue weighted by Crippen LogP contribution is -2.35. The summed E-state index contributed by atoms with van der Waals surface area (Å²) in [7, 11) is 0. The average molecular weight is 288 g/mol. The van der Waals surface area contributed by atoms with Crippen molar-refractivity contribution in [2.75, 3.05) is 25.6 Å². The Kier molecular flexibility index (Phi) is 6.94. The van der Waals surface area contributed by atoms with E-state index in [9.17, 15) is 9.59 Å². The minimum atomic E-state index is -0.653. The fourth-order valence-corrected chi connectivity index (χ4v) is 2.64. The van der Waals surface area contributed by atoms with Crippen molar-refractivity contribution in [1.29, 1.82) is 0 Å². The van der Waals surface area contributed by atoms with Crippen LogP contribution in [-0.2, 0) is 23.8 Å². The Labute approximate surface area is 117 Å². The summed E-state index contributed by atoms with van der Waals surface area (Å²) < 4.78 is 15.6. The van der Waals surface area contributed by atoms with Gasteiger partial charge in [0.1, 0.15) is 6.61 Å². The third-order valence-corrected chi connectivity index (χ3v) is 3.81. The van der Waals surface area contributed by atoms with Crippen LogP contribution in [0.2, 0.25) is 0 Å².